The molecular weight excluding hydrogens is 284 g/mol. The highest BCUT2D eigenvalue weighted by atomic mass is 15.1. The van der Waals surface area contributed by atoms with Gasteiger partial charge in [0.05, 0.1) is 12.7 Å². The minimum atomic E-state index is 0.734. The molecular formula is C19H16N4. The standard InChI is InChI=1S/C19H16N4/c1-14-7-9-16(10-8-14)18-22-17-11-20-13-21-19(17)23(18)12-15-5-3-2-4-6-15/h2-11,13H,12H2,1H3. The third-order valence-electron chi connectivity index (χ3n) is 3.90. The fourth-order valence-corrected chi connectivity index (χ4v) is 2.72. The Morgan fingerprint density at radius 3 is 2.52 bits per heavy atom. The summed E-state index contributed by atoms with van der Waals surface area (Å²) in [6.45, 7) is 2.82. The lowest BCUT2D eigenvalue weighted by molar-refractivity contribution is 0.822. The summed E-state index contributed by atoms with van der Waals surface area (Å²) in [7, 11) is 0. The molecule has 0 N–H and O–H groups in total. The van der Waals surface area contributed by atoms with Crippen LogP contribution in [0.15, 0.2) is 67.1 Å². The average molecular weight is 300 g/mol. The van der Waals surface area contributed by atoms with E-state index in [1.54, 1.807) is 12.5 Å². The van der Waals surface area contributed by atoms with E-state index in [0.717, 1.165) is 29.1 Å². The number of benzene rings is 2. The van der Waals surface area contributed by atoms with Crippen molar-refractivity contribution in [1.82, 2.24) is 19.5 Å². The van der Waals surface area contributed by atoms with Gasteiger partial charge in [-0.15, -0.1) is 0 Å². The third kappa shape index (κ3) is 2.59. The van der Waals surface area contributed by atoms with E-state index >= 15 is 0 Å². The summed E-state index contributed by atoms with van der Waals surface area (Å²) >= 11 is 0. The van der Waals surface area contributed by atoms with Crippen molar-refractivity contribution in [3.63, 3.8) is 0 Å². The number of hydrogen-bond donors (Lipinski definition) is 0. The van der Waals surface area contributed by atoms with Crippen molar-refractivity contribution in [2.24, 2.45) is 0 Å². The van der Waals surface area contributed by atoms with Crippen molar-refractivity contribution >= 4 is 11.2 Å². The van der Waals surface area contributed by atoms with Gasteiger partial charge in [0.2, 0.25) is 0 Å². The van der Waals surface area contributed by atoms with Gasteiger partial charge in [0.25, 0.3) is 0 Å². The van der Waals surface area contributed by atoms with Crippen LogP contribution in [0.4, 0.5) is 0 Å². The van der Waals surface area contributed by atoms with Gasteiger partial charge < -0.3 is 4.57 Å². The van der Waals surface area contributed by atoms with Crippen LogP contribution in [0, 0.1) is 6.92 Å². The van der Waals surface area contributed by atoms with Crippen molar-refractivity contribution in [2.75, 3.05) is 0 Å². The van der Waals surface area contributed by atoms with Crippen molar-refractivity contribution < 1.29 is 0 Å². The lowest BCUT2D eigenvalue weighted by Crippen LogP contribution is -2.03. The Kier molecular flexibility index (Phi) is 3.35. The highest BCUT2D eigenvalue weighted by molar-refractivity contribution is 5.76. The molecule has 2 aromatic heterocycles. The molecule has 0 amide bonds. The maximum absolute atomic E-state index is 4.75. The molecule has 4 nitrogen and oxygen atoms in total. The molecule has 4 heteroatoms. The van der Waals surface area contributed by atoms with E-state index in [2.05, 4.69) is 70.0 Å². The summed E-state index contributed by atoms with van der Waals surface area (Å²) in [5.41, 5.74) is 5.22. The van der Waals surface area contributed by atoms with Gasteiger partial charge in [-0.05, 0) is 12.5 Å². The first-order valence-electron chi connectivity index (χ1n) is 7.58. The van der Waals surface area contributed by atoms with Crippen molar-refractivity contribution in [3.05, 3.63) is 78.2 Å². The zero-order chi connectivity index (χ0) is 15.6. The molecule has 0 spiro atoms. The number of fused-ring (bicyclic) bond motifs is 1. The highest BCUT2D eigenvalue weighted by Crippen LogP contribution is 2.24. The predicted molar refractivity (Wildman–Crippen MR) is 91.0 cm³/mol. The second-order valence-corrected chi connectivity index (χ2v) is 5.60. The van der Waals surface area contributed by atoms with E-state index in [4.69, 9.17) is 4.98 Å². The van der Waals surface area contributed by atoms with Gasteiger partial charge in [-0.2, -0.15) is 0 Å². The molecule has 23 heavy (non-hydrogen) atoms. The van der Waals surface area contributed by atoms with Gasteiger partial charge in [0.1, 0.15) is 17.7 Å². The van der Waals surface area contributed by atoms with Crippen LogP contribution in [-0.4, -0.2) is 19.5 Å². The van der Waals surface area contributed by atoms with Crippen LogP contribution in [0.3, 0.4) is 0 Å². The minimum Gasteiger partial charge on any atom is -0.304 e. The molecule has 0 fully saturated rings. The first-order valence-corrected chi connectivity index (χ1v) is 7.58. The van der Waals surface area contributed by atoms with Crippen molar-refractivity contribution in [3.8, 4) is 11.4 Å². The summed E-state index contributed by atoms with van der Waals surface area (Å²) in [6.07, 6.45) is 3.34. The smallest absolute Gasteiger partial charge is 0.163 e. The van der Waals surface area contributed by atoms with Crippen LogP contribution < -0.4 is 0 Å². The van der Waals surface area contributed by atoms with Crippen molar-refractivity contribution in [1.29, 1.82) is 0 Å². The van der Waals surface area contributed by atoms with Crippen molar-refractivity contribution in [2.45, 2.75) is 13.5 Å². The molecule has 112 valence electrons. The predicted octanol–water partition coefficient (Wildman–Crippen LogP) is 3.85. The van der Waals surface area contributed by atoms with Gasteiger partial charge in [-0.1, -0.05) is 60.2 Å². The molecule has 0 saturated heterocycles. The third-order valence-corrected chi connectivity index (χ3v) is 3.90. The van der Waals surface area contributed by atoms with Gasteiger partial charge in [0.15, 0.2) is 5.65 Å². The topological polar surface area (TPSA) is 43.6 Å². The molecule has 0 aliphatic heterocycles. The first kappa shape index (κ1) is 13.6. The largest absolute Gasteiger partial charge is 0.304 e. The van der Waals surface area contributed by atoms with E-state index in [9.17, 15) is 0 Å². The lowest BCUT2D eigenvalue weighted by atomic mass is 10.1. The van der Waals surface area contributed by atoms with Crippen LogP contribution in [-0.2, 0) is 6.54 Å². The second-order valence-electron chi connectivity index (χ2n) is 5.60. The molecule has 4 aromatic rings. The normalized spacial score (nSPS) is 11.0. The molecule has 0 unspecified atom stereocenters. The van der Waals surface area contributed by atoms with E-state index in [-0.39, 0.29) is 0 Å². The fourth-order valence-electron chi connectivity index (χ4n) is 2.72. The molecule has 0 aliphatic carbocycles. The zero-order valence-corrected chi connectivity index (χ0v) is 12.8. The number of rotatable bonds is 3. The Labute approximate surface area is 134 Å². The van der Waals surface area contributed by atoms with E-state index in [1.807, 2.05) is 6.07 Å². The fraction of sp³-hybridized carbons (Fsp3) is 0.105. The minimum absolute atomic E-state index is 0.734. The van der Waals surface area contributed by atoms with E-state index in [1.165, 1.54) is 11.1 Å². The van der Waals surface area contributed by atoms with Crippen LogP contribution in [0.5, 0.6) is 0 Å². The van der Waals surface area contributed by atoms with Crippen LogP contribution in [0.25, 0.3) is 22.6 Å². The summed E-state index contributed by atoms with van der Waals surface area (Å²) in [6, 6.07) is 18.8. The second kappa shape index (κ2) is 5.65. The van der Waals surface area contributed by atoms with Gasteiger partial charge in [0, 0.05) is 5.56 Å². The SMILES string of the molecule is Cc1ccc(-c2nc3cncnc3n2Cc2ccccc2)cc1. The summed E-state index contributed by atoms with van der Waals surface area (Å²) < 4.78 is 2.15. The number of hydrogen-bond acceptors (Lipinski definition) is 3. The molecule has 2 aromatic carbocycles. The molecule has 0 radical (unpaired) electrons. The Balaban J connectivity index is 1.89. The molecule has 0 aliphatic rings. The molecule has 4 rings (SSSR count). The van der Waals surface area contributed by atoms with E-state index < -0.39 is 0 Å². The zero-order valence-electron chi connectivity index (χ0n) is 12.8. The maximum Gasteiger partial charge on any atom is 0.163 e. The Bertz CT molecular complexity index is 940. The molecule has 0 atom stereocenters. The van der Waals surface area contributed by atoms with Gasteiger partial charge in [-0.3, -0.25) is 0 Å². The Morgan fingerprint density at radius 1 is 0.957 bits per heavy atom. The number of aromatic nitrogens is 4. The van der Waals surface area contributed by atoms with Gasteiger partial charge >= 0.3 is 0 Å². The Morgan fingerprint density at radius 2 is 1.74 bits per heavy atom. The van der Waals surface area contributed by atoms with Crippen LogP contribution in [0.1, 0.15) is 11.1 Å². The number of nitrogens with zero attached hydrogens (tertiary/aromatic N) is 4. The average Bonchev–Trinajstić information content (AvgIpc) is 2.95. The monoisotopic (exact) mass is 300 g/mol. The summed E-state index contributed by atoms with van der Waals surface area (Å²) in [5, 5.41) is 0. The maximum atomic E-state index is 4.75. The quantitative estimate of drug-likeness (QED) is 0.577. The Hall–Kier alpha value is -3.01. The van der Waals surface area contributed by atoms with Crippen LogP contribution in [0.2, 0.25) is 0 Å². The molecule has 2 heterocycles. The summed E-state index contributed by atoms with van der Waals surface area (Å²) in [4.78, 5) is 13.3. The molecule has 0 saturated carbocycles. The van der Waals surface area contributed by atoms with Crippen LogP contribution >= 0.6 is 0 Å². The summed E-state index contributed by atoms with van der Waals surface area (Å²) in [5.74, 6) is 0.921. The van der Waals surface area contributed by atoms with E-state index in [0.29, 0.717) is 0 Å². The number of aryl methyl sites for hydroxylation is 1. The molecule has 0 bridgehead atoms. The number of imidazole rings is 1. The first-order chi connectivity index (χ1) is 11.3. The van der Waals surface area contributed by atoms with Gasteiger partial charge in [-0.25, -0.2) is 15.0 Å². The lowest BCUT2D eigenvalue weighted by Gasteiger charge is -2.09. The highest BCUT2D eigenvalue weighted by Gasteiger charge is 2.14.